The SMILES string of the molecule is C[Si](C)(C)Cc1ccc[cH-]1. The van der Waals surface area contributed by atoms with Crippen LogP contribution in [0.2, 0.25) is 19.6 Å². The lowest BCUT2D eigenvalue weighted by Crippen LogP contribution is -2.23. The molecule has 0 radical (unpaired) electrons. The summed E-state index contributed by atoms with van der Waals surface area (Å²) in [6, 6.07) is 10.0. The molecular weight excluding hydrogens is 136 g/mol. The topological polar surface area (TPSA) is 0 Å². The Morgan fingerprint density at radius 3 is 2.50 bits per heavy atom. The molecule has 0 fully saturated rings. The fraction of sp³-hybridized carbons (Fsp3) is 0.444. The normalized spacial score (nSPS) is 11.9. The highest BCUT2D eigenvalue weighted by molar-refractivity contribution is 6.75. The average molecular weight is 151 g/mol. The molecular formula is C9H15Si-. The Morgan fingerprint density at radius 1 is 1.40 bits per heavy atom. The molecule has 0 aliphatic carbocycles. The van der Waals surface area contributed by atoms with E-state index in [0.29, 0.717) is 0 Å². The standard InChI is InChI=1S/C9H15Si/c1-10(2,3)8-9-6-4-5-7-9/h4-7H,8H2,1-3H3/q-1. The van der Waals surface area contributed by atoms with Crippen LogP contribution in [-0.2, 0) is 6.04 Å². The van der Waals surface area contributed by atoms with Gasteiger partial charge in [0.05, 0.1) is 0 Å². The van der Waals surface area contributed by atoms with Gasteiger partial charge in [-0.1, -0.05) is 25.7 Å². The van der Waals surface area contributed by atoms with Gasteiger partial charge in [-0.3, -0.25) is 0 Å². The number of hydrogen-bond donors (Lipinski definition) is 0. The molecule has 0 spiro atoms. The van der Waals surface area contributed by atoms with Gasteiger partial charge < -0.3 is 0 Å². The zero-order chi connectivity index (χ0) is 7.61. The van der Waals surface area contributed by atoms with E-state index in [4.69, 9.17) is 0 Å². The molecule has 1 aromatic rings. The Labute approximate surface area is 64.3 Å². The van der Waals surface area contributed by atoms with E-state index in [2.05, 4.69) is 43.9 Å². The van der Waals surface area contributed by atoms with Gasteiger partial charge in [0.1, 0.15) is 0 Å². The second kappa shape index (κ2) is 2.66. The largest absolute Gasteiger partial charge is 0.213 e. The van der Waals surface area contributed by atoms with Crippen LogP contribution in [0.25, 0.3) is 0 Å². The van der Waals surface area contributed by atoms with E-state index in [1.54, 1.807) is 0 Å². The summed E-state index contributed by atoms with van der Waals surface area (Å²) in [4.78, 5) is 0. The summed E-state index contributed by atoms with van der Waals surface area (Å²) in [6.45, 7) is 7.21. The molecule has 0 atom stereocenters. The first kappa shape index (κ1) is 7.67. The summed E-state index contributed by atoms with van der Waals surface area (Å²) in [5, 5.41) is 0. The van der Waals surface area contributed by atoms with Gasteiger partial charge in [0, 0.05) is 8.07 Å². The maximum atomic E-state index is 2.40. The van der Waals surface area contributed by atoms with E-state index in [1.165, 1.54) is 11.6 Å². The fourth-order valence-corrected chi connectivity index (χ4v) is 2.60. The van der Waals surface area contributed by atoms with Gasteiger partial charge in [-0.25, -0.2) is 12.1 Å². The highest BCUT2D eigenvalue weighted by Crippen LogP contribution is 2.11. The molecule has 0 bridgehead atoms. The van der Waals surface area contributed by atoms with Crippen LogP contribution in [0.4, 0.5) is 0 Å². The first-order valence-electron chi connectivity index (χ1n) is 3.78. The van der Waals surface area contributed by atoms with Crippen molar-refractivity contribution in [1.82, 2.24) is 0 Å². The zero-order valence-electron chi connectivity index (χ0n) is 7.02. The van der Waals surface area contributed by atoms with Crippen molar-refractivity contribution in [3.63, 3.8) is 0 Å². The van der Waals surface area contributed by atoms with Crippen LogP contribution >= 0.6 is 0 Å². The molecule has 0 N–H and O–H groups in total. The maximum absolute atomic E-state index is 2.40. The van der Waals surface area contributed by atoms with Crippen molar-refractivity contribution in [3.05, 3.63) is 29.8 Å². The molecule has 1 rings (SSSR count). The van der Waals surface area contributed by atoms with Crippen molar-refractivity contribution in [1.29, 1.82) is 0 Å². The van der Waals surface area contributed by atoms with E-state index in [-0.39, 0.29) is 0 Å². The monoisotopic (exact) mass is 151 g/mol. The molecule has 0 aliphatic heterocycles. The van der Waals surface area contributed by atoms with Crippen LogP contribution in [0, 0.1) is 0 Å². The van der Waals surface area contributed by atoms with Crippen molar-refractivity contribution < 1.29 is 0 Å². The van der Waals surface area contributed by atoms with Crippen molar-refractivity contribution in [2.45, 2.75) is 25.7 Å². The predicted molar refractivity (Wildman–Crippen MR) is 49.1 cm³/mol. The molecule has 0 amide bonds. The highest BCUT2D eigenvalue weighted by atomic mass is 28.3. The third kappa shape index (κ3) is 2.44. The van der Waals surface area contributed by atoms with Gasteiger partial charge in [-0.2, -0.15) is 17.7 Å². The van der Waals surface area contributed by atoms with Crippen molar-refractivity contribution in [2.75, 3.05) is 0 Å². The van der Waals surface area contributed by atoms with E-state index in [1.807, 2.05) is 0 Å². The van der Waals surface area contributed by atoms with Crippen LogP contribution < -0.4 is 0 Å². The Bertz CT molecular complexity index is 179. The quantitative estimate of drug-likeness (QED) is 0.450. The van der Waals surface area contributed by atoms with E-state index in [0.717, 1.165) is 0 Å². The Morgan fingerprint density at radius 2 is 2.10 bits per heavy atom. The Hall–Kier alpha value is -0.433. The molecule has 0 aliphatic rings. The number of rotatable bonds is 2. The summed E-state index contributed by atoms with van der Waals surface area (Å²) in [5.41, 5.74) is 1.51. The van der Waals surface area contributed by atoms with Gasteiger partial charge in [0.15, 0.2) is 0 Å². The molecule has 1 heteroatoms. The maximum Gasteiger partial charge on any atom is 0.0465 e. The van der Waals surface area contributed by atoms with Crippen LogP contribution in [0.15, 0.2) is 24.3 Å². The lowest BCUT2D eigenvalue weighted by atomic mass is 10.4. The smallest absolute Gasteiger partial charge is 0.0465 e. The molecule has 0 nitrogen and oxygen atoms in total. The zero-order valence-corrected chi connectivity index (χ0v) is 8.02. The van der Waals surface area contributed by atoms with Gasteiger partial charge >= 0.3 is 0 Å². The third-order valence-electron chi connectivity index (χ3n) is 1.47. The van der Waals surface area contributed by atoms with Crippen molar-refractivity contribution in [2.24, 2.45) is 0 Å². The lowest BCUT2D eigenvalue weighted by molar-refractivity contribution is 1.34. The molecule has 10 heavy (non-hydrogen) atoms. The second-order valence-corrected chi connectivity index (χ2v) is 9.51. The second-order valence-electron chi connectivity index (χ2n) is 4.03. The molecule has 0 heterocycles. The lowest BCUT2D eigenvalue weighted by Gasteiger charge is -2.16. The first-order valence-corrected chi connectivity index (χ1v) is 7.49. The van der Waals surface area contributed by atoms with E-state index >= 15 is 0 Å². The molecule has 0 saturated carbocycles. The first-order chi connectivity index (χ1) is 4.58. The average Bonchev–Trinajstić information content (AvgIpc) is 2.12. The van der Waals surface area contributed by atoms with Crippen LogP contribution in [0.1, 0.15) is 5.56 Å². The highest BCUT2D eigenvalue weighted by Gasteiger charge is 2.10. The Balaban J connectivity index is 2.57. The number of hydrogen-bond acceptors (Lipinski definition) is 0. The summed E-state index contributed by atoms with van der Waals surface area (Å²) in [6.07, 6.45) is 0. The van der Waals surface area contributed by atoms with Crippen LogP contribution in [0.3, 0.4) is 0 Å². The predicted octanol–water partition coefficient (Wildman–Crippen LogP) is 2.83. The van der Waals surface area contributed by atoms with E-state index in [9.17, 15) is 0 Å². The summed E-state index contributed by atoms with van der Waals surface area (Å²) in [7, 11) is -0.862. The van der Waals surface area contributed by atoms with Crippen LogP contribution in [0.5, 0.6) is 0 Å². The van der Waals surface area contributed by atoms with Gasteiger partial charge in [-0.05, 0) is 0 Å². The third-order valence-corrected chi connectivity index (χ3v) is 2.94. The molecule has 56 valence electrons. The summed E-state index contributed by atoms with van der Waals surface area (Å²) < 4.78 is 0. The molecule has 0 unspecified atom stereocenters. The van der Waals surface area contributed by atoms with Crippen LogP contribution in [-0.4, -0.2) is 8.07 Å². The van der Waals surface area contributed by atoms with Gasteiger partial charge in [0.2, 0.25) is 0 Å². The molecule has 1 aromatic carbocycles. The minimum absolute atomic E-state index is 0.862. The van der Waals surface area contributed by atoms with Gasteiger partial charge in [0.25, 0.3) is 0 Å². The summed E-state index contributed by atoms with van der Waals surface area (Å²) >= 11 is 0. The Kier molecular flexibility index (Phi) is 2.04. The minimum atomic E-state index is -0.862. The van der Waals surface area contributed by atoms with Crippen molar-refractivity contribution >= 4 is 8.07 Å². The van der Waals surface area contributed by atoms with Gasteiger partial charge in [-0.15, -0.1) is 0 Å². The molecule has 0 aromatic heterocycles. The van der Waals surface area contributed by atoms with Crippen molar-refractivity contribution in [3.8, 4) is 0 Å². The van der Waals surface area contributed by atoms with E-state index < -0.39 is 8.07 Å². The fourth-order valence-electron chi connectivity index (χ4n) is 1.14. The minimum Gasteiger partial charge on any atom is -0.213 e. The molecule has 0 saturated heterocycles. The summed E-state index contributed by atoms with van der Waals surface area (Å²) in [5.74, 6) is 0.